The van der Waals surface area contributed by atoms with Crippen LogP contribution in [0.4, 0.5) is 0 Å². The van der Waals surface area contributed by atoms with Crippen LogP contribution in [0, 0.1) is 0 Å². The van der Waals surface area contributed by atoms with Gasteiger partial charge < -0.3 is 14.8 Å². The highest BCUT2D eigenvalue weighted by Gasteiger charge is 2.35. The Hall–Kier alpha value is -0.610. The maximum Gasteiger partial charge on any atom is 0.305 e. The Kier molecular flexibility index (Phi) is 6.65. The largest absolute Gasteiger partial charge is 0.466 e. The molecule has 1 heterocycles. The summed E-state index contributed by atoms with van der Waals surface area (Å²) in [6.07, 6.45) is 5.00. The molecule has 1 N–H and O–H groups in total. The van der Waals surface area contributed by atoms with E-state index in [1.54, 1.807) is 0 Å². The highest BCUT2D eigenvalue weighted by atomic mass is 16.5. The van der Waals surface area contributed by atoms with E-state index >= 15 is 0 Å². The quantitative estimate of drug-likeness (QED) is 0.535. The molecule has 1 saturated heterocycles. The van der Waals surface area contributed by atoms with Gasteiger partial charge in [0, 0.05) is 18.6 Å². The molecule has 0 amide bonds. The van der Waals surface area contributed by atoms with Crippen molar-refractivity contribution in [3.05, 3.63) is 0 Å². The molecule has 4 heteroatoms. The molecular formula is C14H27NO3. The summed E-state index contributed by atoms with van der Waals surface area (Å²) in [7, 11) is 0. The van der Waals surface area contributed by atoms with Gasteiger partial charge in [0.05, 0.1) is 12.7 Å². The molecular weight excluding hydrogens is 230 g/mol. The second kappa shape index (κ2) is 7.74. The number of ether oxygens (including phenoxy) is 2. The standard InChI is InChI=1S/C14H27NO3/c1-4-17-13(16)8-6-5-7-10-15-14(3)9-11-18-12(14)2/h12,15H,4-11H2,1-3H3. The molecule has 1 aliphatic rings. The van der Waals surface area contributed by atoms with Gasteiger partial charge in [-0.1, -0.05) is 6.42 Å². The summed E-state index contributed by atoms with van der Waals surface area (Å²) in [5.74, 6) is -0.0739. The number of carbonyl (C=O) groups excluding carboxylic acids is 1. The van der Waals surface area contributed by atoms with Gasteiger partial charge in [0.2, 0.25) is 0 Å². The van der Waals surface area contributed by atoms with Gasteiger partial charge in [-0.2, -0.15) is 0 Å². The first-order valence-electron chi connectivity index (χ1n) is 7.11. The van der Waals surface area contributed by atoms with Crippen molar-refractivity contribution < 1.29 is 14.3 Å². The number of carbonyl (C=O) groups is 1. The number of nitrogens with one attached hydrogen (secondary N) is 1. The summed E-state index contributed by atoms with van der Waals surface area (Å²) in [6.45, 7) is 8.52. The summed E-state index contributed by atoms with van der Waals surface area (Å²) in [4.78, 5) is 11.1. The predicted molar refractivity (Wildman–Crippen MR) is 71.5 cm³/mol. The fourth-order valence-corrected chi connectivity index (χ4v) is 2.25. The summed E-state index contributed by atoms with van der Waals surface area (Å²) in [5, 5.41) is 3.58. The van der Waals surface area contributed by atoms with Gasteiger partial charge in [0.15, 0.2) is 0 Å². The zero-order chi connectivity index (χ0) is 13.4. The van der Waals surface area contributed by atoms with Gasteiger partial charge in [0.1, 0.15) is 0 Å². The highest BCUT2D eigenvalue weighted by molar-refractivity contribution is 5.69. The first-order valence-corrected chi connectivity index (χ1v) is 7.11. The van der Waals surface area contributed by atoms with E-state index < -0.39 is 0 Å². The maximum atomic E-state index is 11.1. The minimum atomic E-state index is -0.0739. The topological polar surface area (TPSA) is 47.6 Å². The van der Waals surface area contributed by atoms with Crippen molar-refractivity contribution in [2.45, 2.75) is 64.5 Å². The predicted octanol–water partition coefficient (Wildman–Crippen LogP) is 2.27. The van der Waals surface area contributed by atoms with Crippen LogP contribution in [-0.2, 0) is 14.3 Å². The van der Waals surface area contributed by atoms with E-state index in [1.165, 1.54) is 0 Å². The molecule has 18 heavy (non-hydrogen) atoms. The second-order valence-electron chi connectivity index (χ2n) is 5.22. The van der Waals surface area contributed by atoms with Crippen LogP contribution in [-0.4, -0.2) is 37.4 Å². The van der Waals surface area contributed by atoms with Crippen LogP contribution in [0.5, 0.6) is 0 Å². The van der Waals surface area contributed by atoms with Crippen LogP contribution in [0.25, 0.3) is 0 Å². The first kappa shape index (κ1) is 15.4. The SMILES string of the molecule is CCOC(=O)CCCCCNC1(C)CCOC1C. The van der Waals surface area contributed by atoms with Crippen LogP contribution in [0.1, 0.15) is 52.9 Å². The van der Waals surface area contributed by atoms with Gasteiger partial charge in [-0.3, -0.25) is 4.79 Å². The third kappa shape index (κ3) is 4.94. The van der Waals surface area contributed by atoms with E-state index in [1.807, 2.05) is 6.92 Å². The van der Waals surface area contributed by atoms with Crippen molar-refractivity contribution in [3.8, 4) is 0 Å². The average molecular weight is 257 g/mol. The Balaban J connectivity index is 2.00. The van der Waals surface area contributed by atoms with E-state index in [0.29, 0.717) is 13.0 Å². The third-order valence-electron chi connectivity index (χ3n) is 3.78. The van der Waals surface area contributed by atoms with Gasteiger partial charge in [0.25, 0.3) is 0 Å². The molecule has 106 valence electrons. The van der Waals surface area contributed by atoms with Crippen LogP contribution >= 0.6 is 0 Å². The van der Waals surface area contributed by atoms with Gasteiger partial charge >= 0.3 is 5.97 Å². The summed E-state index contributed by atoms with van der Waals surface area (Å²) in [5.41, 5.74) is 0.126. The van der Waals surface area contributed by atoms with Crippen molar-refractivity contribution in [3.63, 3.8) is 0 Å². The van der Waals surface area contributed by atoms with E-state index in [0.717, 1.165) is 38.8 Å². The zero-order valence-corrected chi connectivity index (χ0v) is 12.0. The summed E-state index contributed by atoms with van der Waals surface area (Å²) >= 11 is 0. The van der Waals surface area contributed by atoms with Gasteiger partial charge in [-0.05, 0) is 46.6 Å². The minimum absolute atomic E-state index is 0.0739. The Morgan fingerprint density at radius 1 is 1.44 bits per heavy atom. The molecule has 0 aromatic heterocycles. The van der Waals surface area contributed by atoms with Crippen LogP contribution in [0.15, 0.2) is 0 Å². The Labute approximate surface area is 110 Å². The van der Waals surface area contributed by atoms with Gasteiger partial charge in [-0.15, -0.1) is 0 Å². The Morgan fingerprint density at radius 2 is 2.22 bits per heavy atom. The monoisotopic (exact) mass is 257 g/mol. The second-order valence-corrected chi connectivity index (χ2v) is 5.22. The van der Waals surface area contributed by atoms with Crippen molar-refractivity contribution >= 4 is 5.97 Å². The number of hydrogen-bond acceptors (Lipinski definition) is 4. The lowest BCUT2D eigenvalue weighted by atomic mass is 9.94. The maximum absolute atomic E-state index is 11.1. The van der Waals surface area contributed by atoms with E-state index in [-0.39, 0.29) is 17.6 Å². The highest BCUT2D eigenvalue weighted by Crippen LogP contribution is 2.24. The number of hydrogen-bond donors (Lipinski definition) is 1. The summed E-state index contributed by atoms with van der Waals surface area (Å²) in [6, 6.07) is 0. The molecule has 0 aliphatic carbocycles. The number of unbranched alkanes of at least 4 members (excludes halogenated alkanes) is 2. The first-order chi connectivity index (χ1) is 8.58. The van der Waals surface area contributed by atoms with Crippen LogP contribution in [0.3, 0.4) is 0 Å². The molecule has 1 aliphatic heterocycles. The molecule has 0 saturated carbocycles. The van der Waals surface area contributed by atoms with Gasteiger partial charge in [-0.25, -0.2) is 0 Å². The molecule has 0 bridgehead atoms. The fourth-order valence-electron chi connectivity index (χ4n) is 2.25. The lowest BCUT2D eigenvalue weighted by molar-refractivity contribution is -0.143. The van der Waals surface area contributed by atoms with Crippen molar-refractivity contribution in [1.29, 1.82) is 0 Å². The molecule has 1 fully saturated rings. The van der Waals surface area contributed by atoms with E-state index in [4.69, 9.17) is 9.47 Å². The number of rotatable bonds is 8. The van der Waals surface area contributed by atoms with Crippen LogP contribution in [0.2, 0.25) is 0 Å². The molecule has 1 rings (SSSR count). The molecule has 0 spiro atoms. The molecule has 2 unspecified atom stereocenters. The molecule has 0 aromatic rings. The normalized spacial score (nSPS) is 27.4. The van der Waals surface area contributed by atoms with Crippen molar-refractivity contribution in [2.75, 3.05) is 19.8 Å². The Bertz CT molecular complexity index is 257. The third-order valence-corrected chi connectivity index (χ3v) is 3.78. The average Bonchev–Trinajstić information content (AvgIpc) is 2.65. The zero-order valence-electron chi connectivity index (χ0n) is 12.0. The lowest BCUT2D eigenvalue weighted by Gasteiger charge is -2.29. The lowest BCUT2D eigenvalue weighted by Crippen LogP contribution is -2.48. The smallest absolute Gasteiger partial charge is 0.305 e. The van der Waals surface area contributed by atoms with Crippen molar-refractivity contribution in [1.82, 2.24) is 5.32 Å². The molecule has 4 nitrogen and oxygen atoms in total. The van der Waals surface area contributed by atoms with Crippen molar-refractivity contribution in [2.24, 2.45) is 0 Å². The fraction of sp³-hybridized carbons (Fsp3) is 0.929. The minimum Gasteiger partial charge on any atom is -0.466 e. The molecule has 0 radical (unpaired) electrons. The summed E-state index contributed by atoms with van der Waals surface area (Å²) < 4.78 is 10.5. The Morgan fingerprint density at radius 3 is 2.83 bits per heavy atom. The van der Waals surface area contributed by atoms with E-state index in [9.17, 15) is 4.79 Å². The molecule has 2 atom stereocenters. The van der Waals surface area contributed by atoms with E-state index in [2.05, 4.69) is 19.2 Å². The molecule has 0 aromatic carbocycles. The van der Waals surface area contributed by atoms with Crippen LogP contribution < -0.4 is 5.32 Å². The number of esters is 1.